The lowest BCUT2D eigenvalue weighted by Crippen LogP contribution is -2.42. The monoisotopic (exact) mass is 314 g/mol. The summed E-state index contributed by atoms with van der Waals surface area (Å²) in [6.07, 6.45) is 0. The van der Waals surface area contributed by atoms with Crippen molar-refractivity contribution in [3.63, 3.8) is 0 Å². The zero-order valence-corrected chi connectivity index (χ0v) is 15.6. The van der Waals surface area contributed by atoms with Crippen LogP contribution in [0.3, 0.4) is 0 Å². The summed E-state index contributed by atoms with van der Waals surface area (Å²) < 4.78 is 31.0. The summed E-state index contributed by atoms with van der Waals surface area (Å²) in [5, 5.41) is -0.146. The van der Waals surface area contributed by atoms with Crippen LogP contribution in [0.2, 0.25) is 18.1 Å². The maximum atomic E-state index is 12.7. The summed E-state index contributed by atoms with van der Waals surface area (Å²) >= 11 is 0. The molecule has 0 heterocycles. The summed E-state index contributed by atoms with van der Waals surface area (Å²) in [6, 6.07) is 3.77. The van der Waals surface area contributed by atoms with Crippen molar-refractivity contribution in [1.29, 1.82) is 0 Å². The third-order valence-corrected chi connectivity index (χ3v) is 11.3. The van der Waals surface area contributed by atoms with Crippen molar-refractivity contribution in [3.8, 4) is 0 Å². The van der Waals surface area contributed by atoms with Gasteiger partial charge in [0.2, 0.25) is 8.32 Å². The Morgan fingerprint density at radius 3 is 1.75 bits per heavy atom. The average molecular weight is 315 g/mol. The first-order valence-corrected chi connectivity index (χ1v) is 11.1. The third kappa shape index (κ3) is 3.51. The minimum atomic E-state index is -3.72. The average Bonchev–Trinajstić information content (AvgIpc) is 2.09. The SMILES string of the molecule is Cc1cc(C)c(S(=O)(=O)O[Si](C)(C)C(C)(C)C)c(C)c1. The second-order valence-corrected chi connectivity index (χ2v) is 13.5. The molecule has 0 aliphatic carbocycles. The van der Waals surface area contributed by atoms with Gasteiger partial charge in [-0.15, -0.1) is 0 Å². The normalized spacial score (nSPS) is 13.6. The number of hydrogen-bond donors (Lipinski definition) is 0. The highest BCUT2D eigenvalue weighted by atomic mass is 32.2. The van der Waals surface area contributed by atoms with Crippen molar-refractivity contribution < 1.29 is 12.3 Å². The zero-order valence-electron chi connectivity index (χ0n) is 13.8. The summed E-state index contributed by atoms with van der Waals surface area (Å²) in [4.78, 5) is 0.327. The van der Waals surface area contributed by atoms with Crippen LogP contribution in [0.1, 0.15) is 37.5 Å². The highest BCUT2D eigenvalue weighted by Gasteiger charge is 2.42. The van der Waals surface area contributed by atoms with Crippen LogP contribution in [0.25, 0.3) is 0 Å². The molecule has 0 radical (unpaired) electrons. The molecule has 5 heteroatoms. The van der Waals surface area contributed by atoms with Gasteiger partial charge in [0.1, 0.15) is 0 Å². The van der Waals surface area contributed by atoms with Crippen molar-refractivity contribution in [2.24, 2.45) is 0 Å². The van der Waals surface area contributed by atoms with E-state index in [1.807, 2.05) is 66.8 Å². The molecule has 0 saturated carbocycles. The lowest BCUT2D eigenvalue weighted by Gasteiger charge is -2.35. The van der Waals surface area contributed by atoms with Crippen LogP contribution in [-0.4, -0.2) is 16.7 Å². The molecule has 20 heavy (non-hydrogen) atoms. The molecule has 1 aromatic carbocycles. The van der Waals surface area contributed by atoms with Crippen LogP contribution in [0.5, 0.6) is 0 Å². The second-order valence-electron chi connectivity index (χ2n) is 7.03. The summed E-state index contributed by atoms with van der Waals surface area (Å²) in [7, 11) is -6.09. The van der Waals surface area contributed by atoms with E-state index in [4.69, 9.17) is 3.87 Å². The number of aryl methyl sites for hydroxylation is 3. The summed E-state index contributed by atoms with van der Waals surface area (Å²) in [6.45, 7) is 15.6. The number of rotatable bonds is 3. The van der Waals surface area contributed by atoms with Crippen LogP contribution in [0, 0.1) is 20.8 Å². The molecule has 0 atom stereocenters. The Labute approximate surface area is 124 Å². The van der Waals surface area contributed by atoms with Crippen LogP contribution >= 0.6 is 0 Å². The van der Waals surface area contributed by atoms with Crippen molar-refractivity contribution >= 4 is 18.4 Å². The second kappa shape index (κ2) is 5.28. The van der Waals surface area contributed by atoms with E-state index < -0.39 is 18.4 Å². The van der Waals surface area contributed by atoms with Crippen LogP contribution in [0.15, 0.2) is 17.0 Å². The van der Waals surface area contributed by atoms with E-state index in [1.54, 1.807) is 0 Å². The van der Waals surface area contributed by atoms with Crippen molar-refractivity contribution in [2.45, 2.75) is 64.6 Å². The van der Waals surface area contributed by atoms with Gasteiger partial charge in [-0.3, -0.25) is 0 Å². The fourth-order valence-electron chi connectivity index (χ4n) is 2.00. The van der Waals surface area contributed by atoms with Crippen molar-refractivity contribution in [2.75, 3.05) is 0 Å². The number of benzene rings is 1. The van der Waals surface area contributed by atoms with Crippen LogP contribution in [-0.2, 0) is 14.0 Å². The highest BCUT2D eigenvalue weighted by Crippen LogP contribution is 2.39. The molecule has 1 rings (SSSR count). The molecular formula is C15H26O3SSi. The lowest BCUT2D eigenvalue weighted by atomic mass is 10.1. The molecule has 0 unspecified atom stereocenters. The van der Waals surface area contributed by atoms with E-state index in [9.17, 15) is 8.42 Å². The molecule has 0 bridgehead atoms. The Kier molecular flexibility index (Phi) is 4.59. The lowest BCUT2D eigenvalue weighted by molar-refractivity contribution is 0.455. The minimum Gasteiger partial charge on any atom is -0.311 e. The molecule has 114 valence electrons. The van der Waals surface area contributed by atoms with Gasteiger partial charge in [0, 0.05) is 0 Å². The van der Waals surface area contributed by atoms with Crippen molar-refractivity contribution in [1.82, 2.24) is 0 Å². The largest absolute Gasteiger partial charge is 0.311 e. The minimum absolute atomic E-state index is 0.146. The molecule has 1 aromatic rings. The Balaban J connectivity index is 3.34. The highest BCUT2D eigenvalue weighted by molar-refractivity contribution is 7.88. The molecule has 0 N–H and O–H groups in total. The van der Waals surface area contributed by atoms with E-state index in [-0.39, 0.29) is 5.04 Å². The van der Waals surface area contributed by atoms with Gasteiger partial charge >= 0.3 is 0 Å². The maximum Gasteiger partial charge on any atom is 0.288 e. The predicted octanol–water partition coefficient (Wildman–Crippen LogP) is 4.32. The van der Waals surface area contributed by atoms with Gasteiger partial charge < -0.3 is 3.87 Å². The van der Waals surface area contributed by atoms with Gasteiger partial charge in [0.15, 0.2) is 0 Å². The van der Waals surface area contributed by atoms with E-state index >= 15 is 0 Å². The van der Waals surface area contributed by atoms with E-state index in [0.717, 1.165) is 16.7 Å². The quantitative estimate of drug-likeness (QED) is 0.780. The molecule has 0 amide bonds. The van der Waals surface area contributed by atoms with Gasteiger partial charge in [0.25, 0.3) is 10.1 Å². The Bertz CT molecular complexity index is 587. The van der Waals surface area contributed by atoms with E-state index in [2.05, 4.69) is 0 Å². The van der Waals surface area contributed by atoms with Gasteiger partial charge in [-0.2, -0.15) is 8.42 Å². The molecule has 0 aromatic heterocycles. The first-order valence-electron chi connectivity index (χ1n) is 6.81. The topological polar surface area (TPSA) is 43.4 Å². The summed E-state index contributed by atoms with van der Waals surface area (Å²) in [5.41, 5.74) is 2.56. The first-order chi connectivity index (χ1) is 8.78. The maximum absolute atomic E-state index is 12.7. The van der Waals surface area contributed by atoms with Crippen LogP contribution in [0.4, 0.5) is 0 Å². The zero-order chi connectivity index (χ0) is 15.9. The van der Waals surface area contributed by atoms with Gasteiger partial charge in [-0.1, -0.05) is 38.5 Å². The number of hydrogen-bond acceptors (Lipinski definition) is 3. The molecule has 0 spiro atoms. The van der Waals surface area contributed by atoms with Gasteiger partial charge in [-0.05, 0) is 50.0 Å². The molecule has 0 fully saturated rings. The van der Waals surface area contributed by atoms with E-state index in [1.165, 1.54) is 0 Å². The van der Waals surface area contributed by atoms with E-state index in [0.29, 0.717) is 4.90 Å². The fraction of sp³-hybridized carbons (Fsp3) is 0.600. The molecule has 0 aliphatic rings. The molecule has 0 saturated heterocycles. The molecular weight excluding hydrogens is 288 g/mol. The van der Waals surface area contributed by atoms with Gasteiger partial charge in [0.05, 0.1) is 4.90 Å². The first kappa shape index (κ1) is 17.4. The summed E-state index contributed by atoms with van der Waals surface area (Å²) in [5.74, 6) is 0. The van der Waals surface area contributed by atoms with Crippen molar-refractivity contribution in [3.05, 3.63) is 28.8 Å². The predicted molar refractivity (Wildman–Crippen MR) is 86.1 cm³/mol. The Morgan fingerprint density at radius 1 is 1.00 bits per heavy atom. The smallest absolute Gasteiger partial charge is 0.288 e. The fourth-order valence-corrected chi connectivity index (χ4v) is 6.44. The third-order valence-electron chi connectivity index (χ3n) is 3.98. The van der Waals surface area contributed by atoms with Crippen LogP contribution < -0.4 is 0 Å². The standard InChI is InChI=1S/C15H26O3SSi/c1-11-9-12(2)14(13(3)10-11)19(16,17)18-20(7,8)15(4,5)6/h9-10H,1-8H3. The van der Waals surface area contributed by atoms with Gasteiger partial charge in [-0.25, -0.2) is 0 Å². The molecule has 3 nitrogen and oxygen atoms in total. The molecule has 0 aliphatic heterocycles. The Hall–Kier alpha value is -0.653. The Morgan fingerprint density at radius 2 is 1.40 bits per heavy atom.